The van der Waals surface area contributed by atoms with Gasteiger partial charge in [-0.25, -0.2) is 0 Å². The Morgan fingerprint density at radius 2 is 1.74 bits per heavy atom. The summed E-state index contributed by atoms with van der Waals surface area (Å²) >= 11 is 7.01. The lowest BCUT2D eigenvalue weighted by Gasteiger charge is -2.18. The Hall–Kier alpha value is -3.86. The van der Waals surface area contributed by atoms with E-state index in [-0.39, 0.29) is 17.1 Å². The molecule has 4 aromatic rings. The van der Waals surface area contributed by atoms with E-state index in [2.05, 4.69) is 16.4 Å². The zero-order chi connectivity index (χ0) is 24.8. The molecule has 0 spiro atoms. The number of benzene rings is 3. The predicted octanol–water partition coefficient (Wildman–Crippen LogP) is 4.85. The van der Waals surface area contributed by atoms with Crippen LogP contribution in [0.1, 0.15) is 27.0 Å². The number of carbonyl (C=O) groups is 2. The van der Waals surface area contributed by atoms with Crippen molar-refractivity contribution >= 4 is 45.3 Å². The van der Waals surface area contributed by atoms with Gasteiger partial charge in [0, 0.05) is 39.7 Å². The van der Waals surface area contributed by atoms with Crippen molar-refractivity contribution in [3.8, 4) is 6.07 Å². The monoisotopic (exact) mass is 501 g/mol. The van der Waals surface area contributed by atoms with Crippen molar-refractivity contribution in [3.05, 3.63) is 116 Å². The van der Waals surface area contributed by atoms with Crippen LogP contribution >= 0.6 is 23.4 Å². The number of hydrogen-bond acceptors (Lipinski definition) is 5. The molecule has 1 unspecified atom stereocenters. The average Bonchev–Trinajstić information content (AvgIpc) is 2.87. The van der Waals surface area contributed by atoms with Crippen molar-refractivity contribution in [2.24, 2.45) is 0 Å². The fourth-order valence-electron chi connectivity index (χ4n) is 3.63. The fraction of sp³-hybridized carbons (Fsp3) is 0.111. The first-order valence-electron chi connectivity index (χ1n) is 10.8. The minimum atomic E-state index is -0.869. The van der Waals surface area contributed by atoms with Crippen molar-refractivity contribution < 1.29 is 9.59 Å². The number of H-pyrrole nitrogens is 1. The summed E-state index contributed by atoms with van der Waals surface area (Å²) in [6, 6.07) is 23.4. The highest BCUT2D eigenvalue weighted by atomic mass is 35.5. The van der Waals surface area contributed by atoms with Crippen LogP contribution in [0.2, 0.25) is 5.02 Å². The van der Waals surface area contributed by atoms with Gasteiger partial charge in [0.1, 0.15) is 6.04 Å². The third-order valence-electron chi connectivity index (χ3n) is 5.42. The van der Waals surface area contributed by atoms with E-state index < -0.39 is 11.9 Å². The number of nitrogens with one attached hydrogen (secondary N) is 2. The largest absolute Gasteiger partial charge is 0.341 e. The number of amides is 1. The van der Waals surface area contributed by atoms with Crippen LogP contribution < -0.4 is 10.9 Å². The molecule has 8 heteroatoms. The highest BCUT2D eigenvalue weighted by Crippen LogP contribution is 2.21. The molecule has 0 aliphatic heterocycles. The van der Waals surface area contributed by atoms with Gasteiger partial charge in [0.15, 0.2) is 0 Å². The molecule has 3 aromatic carbocycles. The number of thioether (sulfide) groups is 1. The molecule has 4 rings (SSSR count). The number of para-hydroxylation sites is 1. The van der Waals surface area contributed by atoms with Gasteiger partial charge >= 0.3 is 0 Å². The molecule has 174 valence electrons. The van der Waals surface area contributed by atoms with E-state index >= 15 is 0 Å². The molecule has 0 bridgehead atoms. The van der Waals surface area contributed by atoms with Crippen LogP contribution in [-0.4, -0.2) is 22.0 Å². The smallest absolute Gasteiger partial charge is 0.251 e. The number of nitrogens with zero attached hydrogens (tertiary/aromatic N) is 1. The van der Waals surface area contributed by atoms with Crippen molar-refractivity contribution in [1.82, 2.24) is 10.3 Å². The van der Waals surface area contributed by atoms with Crippen LogP contribution in [0, 0.1) is 11.3 Å². The summed E-state index contributed by atoms with van der Waals surface area (Å²) < 4.78 is 0. The Balaban J connectivity index is 1.59. The number of nitriles is 1. The van der Waals surface area contributed by atoms with Gasteiger partial charge in [-0.1, -0.05) is 53.7 Å². The van der Waals surface area contributed by atoms with Crippen molar-refractivity contribution in [3.63, 3.8) is 0 Å². The first kappa shape index (κ1) is 24.3. The number of hydrogen-bond donors (Lipinski definition) is 2. The fourth-order valence-corrected chi connectivity index (χ4v) is 4.60. The molecular weight excluding hydrogens is 482 g/mol. The zero-order valence-corrected chi connectivity index (χ0v) is 20.0. The Labute approximate surface area is 210 Å². The molecule has 0 radical (unpaired) electrons. The maximum Gasteiger partial charge on any atom is 0.251 e. The number of fused-ring (bicyclic) bond motifs is 1. The molecule has 35 heavy (non-hydrogen) atoms. The average molecular weight is 502 g/mol. The van der Waals surface area contributed by atoms with Crippen LogP contribution in [-0.2, 0) is 17.0 Å². The van der Waals surface area contributed by atoms with Crippen molar-refractivity contribution in [2.75, 3.05) is 0 Å². The molecule has 0 aliphatic rings. The highest BCUT2D eigenvalue weighted by molar-refractivity contribution is 8.13. The topological polar surface area (TPSA) is 103 Å². The van der Waals surface area contributed by atoms with Gasteiger partial charge in [-0.2, -0.15) is 5.26 Å². The number of aromatic amines is 1. The molecule has 1 heterocycles. The summed E-state index contributed by atoms with van der Waals surface area (Å²) in [5.74, 6) is -0.0262. The number of pyridine rings is 1. The molecule has 1 atom stereocenters. The zero-order valence-electron chi connectivity index (χ0n) is 18.5. The first-order valence-corrected chi connectivity index (χ1v) is 12.1. The summed E-state index contributed by atoms with van der Waals surface area (Å²) in [7, 11) is 0. The van der Waals surface area contributed by atoms with E-state index in [9.17, 15) is 14.4 Å². The Morgan fingerprint density at radius 3 is 2.46 bits per heavy atom. The van der Waals surface area contributed by atoms with Crippen LogP contribution in [0.3, 0.4) is 0 Å². The summed E-state index contributed by atoms with van der Waals surface area (Å²) in [4.78, 5) is 41.2. The van der Waals surface area contributed by atoms with Crippen LogP contribution in [0.15, 0.2) is 83.7 Å². The molecular formula is C27H20ClN3O3S. The van der Waals surface area contributed by atoms with E-state index in [4.69, 9.17) is 16.9 Å². The van der Waals surface area contributed by atoms with E-state index in [1.54, 1.807) is 54.6 Å². The molecule has 0 aliphatic carbocycles. The van der Waals surface area contributed by atoms with Crippen LogP contribution in [0.5, 0.6) is 0 Å². The Kier molecular flexibility index (Phi) is 7.66. The maximum atomic E-state index is 13.3. The Bertz CT molecular complexity index is 1480. The van der Waals surface area contributed by atoms with Gasteiger partial charge in [0.25, 0.3) is 5.91 Å². The van der Waals surface area contributed by atoms with Gasteiger partial charge in [0.2, 0.25) is 10.7 Å². The lowest BCUT2D eigenvalue weighted by Crippen LogP contribution is -2.41. The minimum Gasteiger partial charge on any atom is -0.341 e. The summed E-state index contributed by atoms with van der Waals surface area (Å²) in [5.41, 5.74) is 2.85. The van der Waals surface area contributed by atoms with E-state index in [0.29, 0.717) is 33.0 Å². The number of rotatable bonds is 7. The number of halogens is 1. The van der Waals surface area contributed by atoms with Crippen molar-refractivity contribution in [1.29, 1.82) is 5.26 Å². The van der Waals surface area contributed by atoms with Crippen LogP contribution in [0.25, 0.3) is 10.9 Å². The number of carbonyl (C=O) groups excluding carboxylic acids is 2. The van der Waals surface area contributed by atoms with Crippen LogP contribution in [0.4, 0.5) is 0 Å². The maximum absolute atomic E-state index is 13.3. The first-order chi connectivity index (χ1) is 16.9. The summed E-state index contributed by atoms with van der Waals surface area (Å²) in [6.45, 7) is 0. The van der Waals surface area contributed by atoms with Gasteiger partial charge in [-0.15, -0.1) is 0 Å². The second kappa shape index (κ2) is 11.0. The molecule has 0 fully saturated rings. The van der Waals surface area contributed by atoms with Gasteiger partial charge in [-0.3, -0.25) is 14.4 Å². The normalized spacial score (nSPS) is 11.5. The predicted molar refractivity (Wildman–Crippen MR) is 138 cm³/mol. The Morgan fingerprint density at radius 1 is 1.03 bits per heavy atom. The van der Waals surface area contributed by atoms with Gasteiger partial charge < -0.3 is 10.3 Å². The number of aromatic nitrogens is 1. The molecule has 6 nitrogen and oxygen atoms in total. The van der Waals surface area contributed by atoms with Gasteiger partial charge in [0.05, 0.1) is 11.6 Å². The van der Waals surface area contributed by atoms with Gasteiger partial charge in [-0.05, 0) is 53.6 Å². The lowest BCUT2D eigenvalue weighted by molar-refractivity contribution is -0.112. The standard InChI is InChI=1S/C27H20ClN3O3S/c28-21-11-9-19(10-12-21)26(33)31-24(27(34)35-16-18-7-5-17(15-29)6-8-18)13-20-14-25(32)30-23-4-2-1-3-22(20)23/h1-12,14,24H,13,16H2,(H,30,32)(H,31,33). The SMILES string of the molecule is N#Cc1ccc(CSC(=O)C(Cc2cc(=O)[nH]c3ccccc23)NC(=O)c2ccc(Cl)cc2)cc1. The third kappa shape index (κ3) is 6.18. The molecule has 0 saturated heterocycles. The summed E-state index contributed by atoms with van der Waals surface area (Å²) in [5, 5.41) is 12.9. The molecule has 1 aromatic heterocycles. The van der Waals surface area contributed by atoms with Crippen molar-refractivity contribution in [2.45, 2.75) is 18.2 Å². The third-order valence-corrected chi connectivity index (χ3v) is 6.72. The lowest BCUT2D eigenvalue weighted by atomic mass is 10.0. The second-order valence-corrected chi connectivity index (χ2v) is 9.27. The summed E-state index contributed by atoms with van der Waals surface area (Å²) in [6.07, 6.45) is 0.156. The molecule has 1 amide bonds. The second-order valence-electron chi connectivity index (χ2n) is 7.86. The molecule has 0 saturated carbocycles. The van der Waals surface area contributed by atoms with E-state index in [1.165, 1.54) is 6.07 Å². The minimum absolute atomic E-state index is 0.156. The van der Waals surface area contributed by atoms with E-state index in [1.807, 2.05) is 18.2 Å². The highest BCUT2D eigenvalue weighted by Gasteiger charge is 2.24. The molecule has 2 N–H and O–H groups in total. The quantitative estimate of drug-likeness (QED) is 0.376. The van der Waals surface area contributed by atoms with E-state index in [0.717, 1.165) is 22.7 Å².